The molecule has 29 heavy (non-hydrogen) atoms. The zero-order valence-corrected chi connectivity index (χ0v) is 16.9. The maximum Gasteiger partial charge on any atom is 0.308 e. The predicted molar refractivity (Wildman–Crippen MR) is 109 cm³/mol. The van der Waals surface area contributed by atoms with Gasteiger partial charge in [-0.25, -0.2) is 0 Å². The molecule has 0 atom stereocenters. The van der Waals surface area contributed by atoms with E-state index in [1.54, 1.807) is 19.1 Å². The number of furan rings is 1. The van der Waals surface area contributed by atoms with Crippen molar-refractivity contribution < 1.29 is 18.7 Å². The van der Waals surface area contributed by atoms with Gasteiger partial charge in [-0.2, -0.15) is 0 Å². The van der Waals surface area contributed by atoms with Crippen LogP contribution in [0, 0.1) is 11.8 Å². The first kappa shape index (κ1) is 20.7. The Morgan fingerprint density at radius 2 is 1.86 bits per heavy atom. The first-order valence-electron chi connectivity index (χ1n) is 9.83. The van der Waals surface area contributed by atoms with Crippen molar-refractivity contribution in [1.82, 2.24) is 10.2 Å². The van der Waals surface area contributed by atoms with Gasteiger partial charge in [0.2, 0.25) is 0 Å². The fourth-order valence-corrected chi connectivity index (χ4v) is 3.37. The van der Waals surface area contributed by atoms with Crippen molar-refractivity contribution in [1.29, 1.82) is 0 Å². The fraction of sp³-hybridized carbons (Fsp3) is 0.391. The number of esters is 1. The van der Waals surface area contributed by atoms with Crippen LogP contribution in [0.1, 0.15) is 48.1 Å². The van der Waals surface area contributed by atoms with E-state index in [1.807, 2.05) is 37.4 Å². The molecule has 1 N–H and O–H groups in total. The smallest absolute Gasteiger partial charge is 0.308 e. The Morgan fingerprint density at radius 3 is 2.55 bits per heavy atom. The molecule has 1 aliphatic rings. The molecule has 0 spiro atoms. The number of likely N-dealkylation sites (tertiary alicyclic amines) is 1. The molecule has 0 unspecified atom stereocenters. The molecule has 6 nitrogen and oxygen atoms in total. The van der Waals surface area contributed by atoms with Gasteiger partial charge in [0.25, 0.3) is 5.91 Å². The third-order valence-corrected chi connectivity index (χ3v) is 5.04. The Bertz CT molecular complexity index is 900. The summed E-state index contributed by atoms with van der Waals surface area (Å²) in [6.45, 7) is 3.69. The molecule has 1 aromatic carbocycles. The quantitative estimate of drug-likeness (QED) is 0.624. The summed E-state index contributed by atoms with van der Waals surface area (Å²) >= 11 is 0. The lowest BCUT2D eigenvalue weighted by molar-refractivity contribution is -0.145. The summed E-state index contributed by atoms with van der Waals surface area (Å²) in [4.78, 5) is 27.1. The topological polar surface area (TPSA) is 71.8 Å². The predicted octanol–water partition coefficient (Wildman–Crippen LogP) is 2.83. The first-order valence-corrected chi connectivity index (χ1v) is 9.83. The zero-order valence-electron chi connectivity index (χ0n) is 16.9. The normalized spacial score (nSPS) is 15.8. The number of nitrogens with one attached hydrogen (secondary N) is 1. The number of rotatable bonds is 5. The molecule has 0 radical (unpaired) electrons. The van der Waals surface area contributed by atoms with Gasteiger partial charge in [-0.05, 0) is 57.0 Å². The highest BCUT2D eigenvalue weighted by Crippen LogP contribution is 2.26. The molecule has 2 aromatic rings. The standard InChI is InChI=1S/C23H26N2O4/c1-3-28-21(26)17-23(13-15-25(2)16-14-23)24-22(27)20-12-11-19(29-20)10-9-18-7-5-4-6-8-18/h4-8,11-12H,3,13-17H2,1-2H3,(H,24,27). The summed E-state index contributed by atoms with van der Waals surface area (Å²) in [7, 11) is 2.03. The molecule has 2 heterocycles. The van der Waals surface area contributed by atoms with Gasteiger partial charge in [0, 0.05) is 18.7 Å². The van der Waals surface area contributed by atoms with Gasteiger partial charge in [0.05, 0.1) is 18.6 Å². The number of carbonyl (C=O) groups is 2. The highest BCUT2D eigenvalue weighted by Gasteiger charge is 2.38. The maximum atomic E-state index is 12.8. The van der Waals surface area contributed by atoms with E-state index in [-0.39, 0.29) is 24.1 Å². The van der Waals surface area contributed by atoms with Crippen LogP contribution in [0.25, 0.3) is 0 Å². The number of ether oxygens (including phenoxy) is 1. The van der Waals surface area contributed by atoms with Gasteiger partial charge >= 0.3 is 5.97 Å². The minimum atomic E-state index is -0.626. The second-order valence-corrected chi connectivity index (χ2v) is 7.30. The van der Waals surface area contributed by atoms with Crippen LogP contribution in [0.15, 0.2) is 46.9 Å². The molecule has 1 amide bonds. The van der Waals surface area contributed by atoms with Crippen molar-refractivity contribution in [3.05, 3.63) is 59.5 Å². The summed E-state index contributed by atoms with van der Waals surface area (Å²) < 4.78 is 10.7. The number of benzene rings is 1. The van der Waals surface area contributed by atoms with E-state index < -0.39 is 5.54 Å². The second-order valence-electron chi connectivity index (χ2n) is 7.30. The van der Waals surface area contributed by atoms with Crippen molar-refractivity contribution in [2.75, 3.05) is 26.7 Å². The van der Waals surface area contributed by atoms with E-state index in [2.05, 4.69) is 22.1 Å². The van der Waals surface area contributed by atoms with Crippen LogP contribution in [0.3, 0.4) is 0 Å². The number of nitrogens with zero attached hydrogens (tertiary/aromatic N) is 1. The Kier molecular flexibility index (Phi) is 6.73. The Hall–Kier alpha value is -3.04. The van der Waals surface area contributed by atoms with E-state index in [0.717, 1.165) is 18.7 Å². The number of piperidine rings is 1. The molecular weight excluding hydrogens is 368 g/mol. The Labute approximate surface area is 171 Å². The van der Waals surface area contributed by atoms with Gasteiger partial charge in [0.1, 0.15) is 0 Å². The van der Waals surface area contributed by atoms with E-state index in [0.29, 0.717) is 25.2 Å². The summed E-state index contributed by atoms with van der Waals surface area (Å²) in [5.41, 5.74) is 0.244. The van der Waals surface area contributed by atoms with Crippen molar-refractivity contribution >= 4 is 11.9 Å². The highest BCUT2D eigenvalue weighted by atomic mass is 16.5. The largest absolute Gasteiger partial charge is 0.466 e. The van der Waals surface area contributed by atoms with Crippen LogP contribution in [-0.2, 0) is 9.53 Å². The lowest BCUT2D eigenvalue weighted by Crippen LogP contribution is -2.55. The molecule has 6 heteroatoms. The highest BCUT2D eigenvalue weighted by molar-refractivity contribution is 5.92. The fourth-order valence-electron chi connectivity index (χ4n) is 3.37. The minimum Gasteiger partial charge on any atom is -0.466 e. The SMILES string of the molecule is CCOC(=O)CC1(NC(=O)c2ccc(C#Cc3ccccc3)o2)CCN(C)CC1. The summed E-state index contributed by atoms with van der Waals surface area (Å²) in [6.07, 6.45) is 1.51. The summed E-state index contributed by atoms with van der Waals surface area (Å²) in [5, 5.41) is 3.04. The zero-order chi connectivity index (χ0) is 20.7. The number of carbonyl (C=O) groups excluding carboxylic acids is 2. The Morgan fingerprint density at radius 1 is 1.14 bits per heavy atom. The number of hydrogen-bond donors (Lipinski definition) is 1. The maximum absolute atomic E-state index is 12.8. The summed E-state index contributed by atoms with van der Waals surface area (Å²) in [5.74, 6) is 5.89. The van der Waals surface area contributed by atoms with Crippen LogP contribution in [-0.4, -0.2) is 49.1 Å². The average Bonchev–Trinajstić information content (AvgIpc) is 3.19. The third-order valence-electron chi connectivity index (χ3n) is 5.04. The lowest BCUT2D eigenvalue weighted by Gasteiger charge is -2.40. The molecule has 152 valence electrons. The average molecular weight is 394 g/mol. The van der Waals surface area contributed by atoms with Gasteiger partial charge < -0.3 is 19.4 Å². The third kappa shape index (κ3) is 5.72. The number of amides is 1. The van der Waals surface area contributed by atoms with Crippen LogP contribution in [0.2, 0.25) is 0 Å². The van der Waals surface area contributed by atoms with Crippen LogP contribution >= 0.6 is 0 Å². The number of hydrogen-bond acceptors (Lipinski definition) is 5. The van der Waals surface area contributed by atoms with Gasteiger partial charge in [-0.1, -0.05) is 24.1 Å². The van der Waals surface area contributed by atoms with E-state index in [4.69, 9.17) is 9.15 Å². The molecule has 1 aliphatic heterocycles. The van der Waals surface area contributed by atoms with Crippen molar-refractivity contribution in [3.63, 3.8) is 0 Å². The van der Waals surface area contributed by atoms with Crippen molar-refractivity contribution in [2.24, 2.45) is 0 Å². The van der Waals surface area contributed by atoms with E-state index in [9.17, 15) is 9.59 Å². The van der Waals surface area contributed by atoms with E-state index >= 15 is 0 Å². The first-order chi connectivity index (χ1) is 14.0. The molecule has 3 rings (SSSR count). The molecule has 1 fully saturated rings. The second kappa shape index (κ2) is 9.44. The Balaban J connectivity index is 1.70. The van der Waals surface area contributed by atoms with E-state index in [1.165, 1.54) is 0 Å². The van der Waals surface area contributed by atoms with Gasteiger partial charge in [-0.3, -0.25) is 9.59 Å². The van der Waals surface area contributed by atoms with Crippen LogP contribution < -0.4 is 5.32 Å². The van der Waals surface area contributed by atoms with Gasteiger partial charge in [-0.15, -0.1) is 0 Å². The minimum absolute atomic E-state index is 0.155. The lowest BCUT2D eigenvalue weighted by atomic mass is 9.84. The van der Waals surface area contributed by atoms with Crippen molar-refractivity contribution in [3.8, 4) is 11.8 Å². The van der Waals surface area contributed by atoms with Crippen LogP contribution in [0.5, 0.6) is 0 Å². The van der Waals surface area contributed by atoms with Crippen molar-refractivity contribution in [2.45, 2.75) is 31.7 Å². The molecule has 1 aromatic heterocycles. The van der Waals surface area contributed by atoms with Crippen LogP contribution in [0.4, 0.5) is 0 Å². The molecule has 1 saturated heterocycles. The molecule has 0 saturated carbocycles. The monoisotopic (exact) mass is 394 g/mol. The molecule has 0 aliphatic carbocycles. The van der Waals surface area contributed by atoms with Gasteiger partial charge in [0.15, 0.2) is 11.5 Å². The summed E-state index contributed by atoms with van der Waals surface area (Å²) in [6, 6.07) is 12.8. The molecule has 0 bridgehead atoms. The molecular formula is C23H26N2O4.